The first-order valence-electron chi connectivity index (χ1n) is 8.56. The zero-order valence-corrected chi connectivity index (χ0v) is 15.9. The molecule has 0 aliphatic rings. The van der Waals surface area contributed by atoms with Crippen LogP contribution in [0.5, 0.6) is 0 Å². The monoisotopic (exact) mass is 316 g/mol. The number of unbranched alkanes of at least 4 members (excludes halogenated alkanes) is 8. The second kappa shape index (κ2) is 14.1. The zero-order chi connectivity index (χ0) is 15.1. The molecule has 0 amide bonds. The molecule has 0 saturated heterocycles. The van der Waals surface area contributed by atoms with Crippen LogP contribution in [-0.4, -0.2) is 14.1 Å². The summed E-state index contributed by atoms with van der Waals surface area (Å²) in [5.41, 5.74) is 0. The predicted octanol–water partition coefficient (Wildman–Crippen LogP) is 6.57. The maximum atomic E-state index is 5.93. The average molecular weight is 317 g/mol. The molecule has 0 atom stereocenters. The SMILES string of the molecule is CCCCCCCCCCC=CO[Si](C)(C)CCCS. The summed E-state index contributed by atoms with van der Waals surface area (Å²) in [6.45, 7) is 6.85. The Morgan fingerprint density at radius 2 is 1.50 bits per heavy atom. The lowest BCUT2D eigenvalue weighted by Gasteiger charge is -2.20. The number of thiol groups is 1. The molecule has 0 rings (SSSR count). The lowest BCUT2D eigenvalue weighted by Crippen LogP contribution is -2.27. The van der Waals surface area contributed by atoms with Crippen LogP contribution in [0.3, 0.4) is 0 Å². The summed E-state index contributed by atoms with van der Waals surface area (Å²) in [4.78, 5) is 0. The van der Waals surface area contributed by atoms with Crippen molar-refractivity contribution in [1.29, 1.82) is 0 Å². The number of rotatable bonds is 14. The van der Waals surface area contributed by atoms with Crippen LogP contribution >= 0.6 is 12.6 Å². The van der Waals surface area contributed by atoms with E-state index in [-0.39, 0.29) is 0 Å². The van der Waals surface area contributed by atoms with E-state index in [2.05, 4.69) is 38.7 Å². The first-order chi connectivity index (χ1) is 9.62. The molecule has 3 heteroatoms. The minimum atomic E-state index is -1.45. The number of allylic oxidation sites excluding steroid dienone is 1. The van der Waals surface area contributed by atoms with E-state index in [1.807, 2.05) is 6.26 Å². The normalized spacial score (nSPS) is 12.2. The summed E-state index contributed by atoms with van der Waals surface area (Å²) in [7, 11) is -1.45. The highest BCUT2D eigenvalue weighted by Crippen LogP contribution is 2.15. The second-order valence-corrected chi connectivity index (χ2v) is 11.0. The van der Waals surface area contributed by atoms with Gasteiger partial charge in [-0.25, -0.2) is 0 Å². The third-order valence-electron chi connectivity index (χ3n) is 3.64. The van der Waals surface area contributed by atoms with Crippen molar-refractivity contribution in [2.45, 2.75) is 90.3 Å². The summed E-state index contributed by atoms with van der Waals surface area (Å²) in [5.74, 6) is 0.974. The smallest absolute Gasteiger partial charge is 0.244 e. The summed E-state index contributed by atoms with van der Waals surface area (Å²) >= 11 is 4.26. The van der Waals surface area contributed by atoms with Crippen LogP contribution in [0.4, 0.5) is 0 Å². The Bertz CT molecular complexity index is 229. The van der Waals surface area contributed by atoms with Crippen molar-refractivity contribution in [1.82, 2.24) is 0 Å². The van der Waals surface area contributed by atoms with Gasteiger partial charge in [-0.1, -0.05) is 57.9 Å². The minimum Gasteiger partial charge on any atom is -0.550 e. The second-order valence-electron chi connectivity index (χ2n) is 6.34. The van der Waals surface area contributed by atoms with E-state index in [4.69, 9.17) is 4.43 Å². The van der Waals surface area contributed by atoms with Crippen molar-refractivity contribution in [3.8, 4) is 0 Å². The third kappa shape index (κ3) is 14.5. The Morgan fingerprint density at radius 1 is 0.900 bits per heavy atom. The van der Waals surface area contributed by atoms with E-state index in [9.17, 15) is 0 Å². The fraction of sp³-hybridized carbons (Fsp3) is 0.882. The molecule has 0 aromatic heterocycles. The van der Waals surface area contributed by atoms with Gasteiger partial charge in [0.05, 0.1) is 6.26 Å². The maximum absolute atomic E-state index is 5.93. The molecule has 1 nitrogen and oxygen atoms in total. The lowest BCUT2D eigenvalue weighted by atomic mass is 10.1. The fourth-order valence-electron chi connectivity index (χ4n) is 2.26. The molecule has 0 unspecified atom stereocenters. The van der Waals surface area contributed by atoms with Crippen LogP contribution < -0.4 is 0 Å². The molecule has 0 radical (unpaired) electrons. The molecule has 0 bridgehead atoms. The highest BCUT2D eigenvalue weighted by atomic mass is 32.1. The van der Waals surface area contributed by atoms with Gasteiger partial charge >= 0.3 is 0 Å². The minimum absolute atomic E-state index is 0.974. The standard InChI is InChI=1S/C17H36OSSi/c1-4-5-6-7-8-9-10-11-12-13-15-18-20(2,3)17-14-16-19/h13,15,19H,4-12,14,16-17H2,1-3H3. The predicted molar refractivity (Wildman–Crippen MR) is 98.2 cm³/mol. The van der Waals surface area contributed by atoms with Crippen molar-refractivity contribution in [2.24, 2.45) is 0 Å². The van der Waals surface area contributed by atoms with Gasteiger partial charge in [0.15, 0.2) is 0 Å². The Morgan fingerprint density at radius 3 is 2.10 bits per heavy atom. The summed E-state index contributed by atoms with van der Waals surface area (Å²) in [6, 6.07) is 1.21. The van der Waals surface area contributed by atoms with Gasteiger partial charge in [-0.05, 0) is 44.2 Å². The van der Waals surface area contributed by atoms with Crippen molar-refractivity contribution >= 4 is 20.9 Å². The van der Waals surface area contributed by atoms with Gasteiger partial charge in [0, 0.05) is 0 Å². The molecule has 120 valence electrons. The van der Waals surface area contributed by atoms with E-state index in [0.717, 1.165) is 5.75 Å². The molecule has 0 aliphatic heterocycles. The highest BCUT2D eigenvalue weighted by molar-refractivity contribution is 7.80. The molecule has 0 spiro atoms. The van der Waals surface area contributed by atoms with Crippen LogP contribution in [0.25, 0.3) is 0 Å². The van der Waals surface area contributed by atoms with Crippen molar-refractivity contribution in [3.63, 3.8) is 0 Å². The van der Waals surface area contributed by atoms with Crippen LogP contribution in [0.2, 0.25) is 19.1 Å². The Hall–Kier alpha value is 0.107. The van der Waals surface area contributed by atoms with Crippen LogP contribution in [0.15, 0.2) is 12.3 Å². The molecule has 0 saturated carbocycles. The molecule has 0 N–H and O–H groups in total. The topological polar surface area (TPSA) is 9.23 Å². The van der Waals surface area contributed by atoms with E-state index in [1.165, 1.54) is 70.3 Å². The Labute approximate surface area is 134 Å². The van der Waals surface area contributed by atoms with E-state index in [1.54, 1.807) is 0 Å². The van der Waals surface area contributed by atoms with Crippen molar-refractivity contribution in [2.75, 3.05) is 5.75 Å². The van der Waals surface area contributed by atoms with Crippen LogP contribution in [0.1, 0.15) is 71.1 Å². The molecule has 0 heterocycles. The first-order valence-corrected chi connectivity index (χ1v) is 12.3. The van der Waals surface area contributed by atoms with Gasteiger partial charge in [-0.3, -0.25) is 0 Å². The molecule has 0 aromatic rings. The quantitative estimate of drug-likeness (QED) is 0.165. The maximum Gasteiger partial charge on any atom is 0.244 e. The summed E-state index contributed by atoms with van der Waals surface area (Å²) in [6.07, 6.45) is 17.6. The Balaban J connectivity index is 3.35. The fourth-order valence-corrected chi connectivity index (χ4v) is 4.33. The molecule has 0 fully saturated rings. The molecule has 0 aromatic carbocycles. The van der Waals surface area contributed by atoms with Gasteiger partial charge in [-0.15, -0.1) is 0 Å². The number of hydrogen-bond acceptors (Lipinski definition) is 2. The van der Waals surface area contributed by atoms with Crippen LogP contribution in [-0.2, 0) is 4.43 Å². The first kappa shape index (κ1) is 20.1. The van der Waals surface area contributed by atoms with Gasteiger partial charge in [0.2, 0.25) is 8.32 Å². The third-order valence-corrected chi connectivity index (χ3v) is 6.29. The molecular weight excluding hydrogens is 280 g/mol. The number of hydrogen-bond donors (Lipinski definition) is 1. The van der Waals surface area contributed by atoms with Gasteiger partial charge in [0.25, 0.3) is 0 Å². The van der Waals surface area contributed by atoms with Crippen molar-refractivity contribution in [3.05, 3.63) is 12.3 Å². The van der Waals surface area contributed by atoms with Gasteiger partial charge < -0.3 is 4.43 Å². The van der Waals surface area contributed by atoms with Crippen LogP contribution in [0, 0.1) is 0 Å². The molecule has 0 aliphatic carbocycles. The Kier molecular flexibility index (Phi) is 14.1. The zero-order valence-electron chi connectivity index (χ0n) is 14.0. The molecule has 20 heavy (non-hydrogen) atoms. The van der Waals surface area contributed by atoms with Gasteiger partial charge in [-0.2, -0.15) is 12.6 Å². The van der Waals surface area contributed by atoms with Crippen molar-refractivity contribution < 1.29 is 4.43 Å². The van der Waals surface area contributed by atoms with Gasteiger partial charge in [0.1, 0.15) is 0 Å². The molecular formula is C17H36OSSi. The van der Waals surface area contributed by atoms with E-state index < -0.39 is 8.32 Å². The largest absolute Gasteiger partial charge is 0.550 e. The summed E-state index contributed by atoms with van der Waals surface area (Å²) in [5, 5.41) is 0. The summed E-state index contributed by atoms with van der Waals surface area (Å²) < 4.78 is 5.93. The van der Waals surface area contributed by atoms with E-state index in [0.29, 0.717) is 0 Å². The lowest BCUT2D eigenvalue weighted by molar-refractivity contribution is 0.466. The van der Waals surface area contributed by atoms with E-state index >= 15 is 0 Å². The average Bonchev–Trinajstić information content (AvgIpc) is 2.42. The highest BCUT2D eigenvalue weighted by Gasteiger charge is 2.21.